The van der Waals surface area contributed by atoms with Crippen LogP contribution in [0.15, 0.2) is 6.20 Å². The first-order valence-electron chi connectivity index (χ1n) is 4.80. The van der Waals surface area contributed by atoms with Gasteiger partial charge in [0.05, 0.1) is 5.69 Å². The van der Waals surface area contributed by atoms with Crippen molar-refractivity contribution in [2.24, 2.45) is 11.8 Å². The van der Waals surface area contributed by atoms with Gasteiger partial charge in [-0.25, -0.2) is 4.98 Å². The van der Waals surface area contributed by atoms with Gasteiger partial charge in [0.1, 0.15) is 0 Å². The molecular formula is C10H19N3. The molecule has 13 heavy (non-hydrogen) atoms. The molecule has 3 nitrogen and oxygen atoms in total. The van der Waals surface area contributed by atoms with E-state index in [0.29, 0.717) is 17.8 Å². The lowest BCUT2D eigenvalue weighted by atomic mass is 9.98. The first-order valence-corrected chi connectivity index (χ1v) is 4.80. The van der Waals surface area contributed by atoms with Gasteiger partial charge in [0, 0.05) is 12.7 Å². The molecule has 1 unspecified atom stereocenters. The highest BCUT2D eigenvalue weighted by molar-refractivity contribution is 5.21. The maximum absolute atomic E-state index is 5.74. The fourth-order valence-corrected chi connectivity index (χ4v) is 1.23. The predicted molar refractivity (Wildman–Crippen MR) is 55.4 cm³/mol. The second-order valence-electron chi connectivity index (χ2n) is 4.11. The second-order valence-corrected chi connectivity index (χ2v) is 4.11. The first-order chi connectivity index (χ1) is 6.00. The zero-order chi connectivity index (χ0) is 10.0. The normalized spacial score (nSPS) is 13.6. The van der Waals surface area contributed by atoms with E-state index in [1.807, 2.05) is 17.7 Å². The molecule has 0 fully saturated rings. The highest BCUT2D eigenvalue weighted by Crippen LogP contribution is 2.14. The summed E-state index contributed by atoms with van der Waals surface area (Å²) in [6.45, 7) is 9.62. The van der Waals surface area contributed by atoms with Crippen LogP contribution in [0, 0.1) is 18.8 Å². The Labute approximate surface area is 80.0 Å². The third kappa shape index (κ3) is 2.47. The lowest BCUT2D eigenvalue weighted by Crippen LogP contribution is -2.14. The molecule has 0 bridgehead atoms. The molecule has 3 heteroatoms. The van der Waals surface area contributed by atoms with Crippen LogP contribution in [0.25, 0.3) is 0 Å². The van der Waals surface area contributed by atoms with Crippen LogP contribution in [0.5, 0.6) is 0 Å². The summed E-state index contributed by atoms with van der Waals surface area (Å²) >= 11 is 0. The quantitative estimate of drug-likeness (QED) is 0.775. The Bertz CT molecular complexity index is 276. The number of aromatic nitrogens is 2. The third-order valence-corrected chi connectivity index (χ3v) is 2.55. The summed E-state index contributed by atoms with van der Waals surface area (Å²) in [5.74, 6) is 1.95. The van der Waals surface area contributed by atoms with E-state index in [4.69, 9.17) is 5.73 Å². The van der Waals surface area contributed by atoms with Crippen molar-refractivity contribution in [3.05, 3.63) is 11.9 Å². The number of hydrogen-bond acceptors (Lipinski definition) is 2. The molecular weight excluding hydrogens is 162 g/mol. The minimum atomic E-state index is 0.630. The van der Waals surface area contributed by atoms with Gasteiger partial charge in [0.2, 0.25) is 0 Å². The van der Waals surface area contributed by atoms with Gasteiger partial charge < -0.3 is 10.3 Å². The molecule has 0 aliphatic carbocycles. The molecule has 74 valence electrons. The average Bonchev–Trinajstić information content (AvgIpc) is 2.30. The van der Waals surface area contributed by atoms with E-state index in [1.54, 1.807) is 0 Å². The standard InChI is InChI=1S/C10H19N3/c1-7(2)8(3)5-13-6-9(4)12-10(13)11/h6-8H,5H2,1-4H3,(H2,11,12). The Morgan fingerprint density at radius 2 is 2.08 bits per heavy atom. The fourth-order valence-electron chi connectivity index (χ4n) is 1.23. The summed E-state index contributed by atoms with van der Waals surface area (Å²) in [5, 5.41) is 0. The van der Waals surface area contributed by atoms with Crippen molar-refractivity contribution in [1.82, 2.24) is 9.55 Å². The van der Waals surface area contributed by atoms with Gasteiger partial charge in [-0.15, -0.1) is 0 Å². The Balaban J connectivity index is 2.68. The van der Waals surface area contributed by atoms with Crippen LogP contribution in [-0.2, 0) is 6.54 Å². The lowest BCUT2D eigenvalue weighted by molar-refractivity contribution is 0.367. The summed E-state index contributed by atoms with van der Waals surface area (Å²) in [6.07, 6.45) is 2.01. The molecule has 0 aliphatic rings. The highest BCUT2D eigenvalue weighted by Gasteiger charge is 2.09. The number of anilines is 1. The summed E-state index contributed by atoms with van der Waals surface area (Å²) in [6, 6.07) is 0. The maximum atomic E-state index is 5.74. The third-order valence-electron chi connectivity index (χ3n) is 2.55. The summed E-state index contributed by atoms with van der Waals surface area (Å²) in [5.41, 5.74) is 6.74. The largest absolute Gasteiger partial charge is 0.369 e. The Hall–Kier alpha value is -0.990. The van der Waals surface area contributed by atoms with Crippen molar-refractivity contribution in [1.29, 1.82) is 0 Å². The van der Waals surface area contributed by atoms with Crippen molar-refractivity contribution < 1.29 is 0 Å². The number of rotatable bonds is 3. The molecule has 1 aromatic rings. The van der Waals surface area contributed by atoms with Crippen molar-refractivity contribution in [3.63, 3.8) is 0 Å². The lowest BCUT2D eigenvalue weighted by Gasteiger charge is -2.16. The smallest absolute Gasteiger partial charge is 0.200 e. The van der Waals surface area contributed by atoms with Gasteiger partial charge in [0.25, 0.3) is 0 Å². The van der Waals surface area contributed by atoms with E-state index in [1.165, 1.54) is 0 Å². The molecule has 0 saturated carbocycles. The van der Waals surface area contributed by atoms with Crippen LogP contribution >= 0.6 is 0 Å². The monoisotopic (exact) mass is 181 g/mol. The molecule has 2 N–H and O–H groups in total. The SMILES string of the molecule is Cc1cn(CC(C)C(C)C)c(N)n1. The van der Waals surface area contributed by atoms with Crippen molar-refractivity contribution in [3.8, 4) is 0 Å². The van der Waals surface area contributed by atoms with Gasteiger partial charge >= 0.3 is 0 Å². The summed E-state index contributed by atoms with van der Waals surface area (Å²) in [4.78, 5) is 4.16. The fraction of sp³-hybridized carbons (Fsp3) is 0.700. The molecule has 1 heterocycles. The maximum Gasteiger partial charge on any atom is 0.200 e. The van der Waals surface area contributed by atoms with Crippen LogP contribution in [0.4, 0.5) is 5.95 Å². The van der Waals surface area contributed by atoms with E-state index < -0.39 is 0 Å². The van der Waals surface area contributed by atoms with Crippen molar-refractivity contribution >= 4 is 5.95 Å². The van der Waals surface area contributed by atoms with Crippen LogP contribution in [-0.4, -0.2) is 9.55 Å². The van der Waals surface area contributed by atoms with Crippen LogP contribution in [0.1, 0.15) is 26.5 Å². The number of nitrogen functional groups attached to an aromatic ring is 1. The molecule has 0 saturated heterocycles. The number of nitrogens with two attached hydrogens (primary N) is 1. The van der Waals surface area contributed by atoms with Gasteiger partial charge in [-0.05, 0) is 18.8 Å². The first kappa shape index (κ1) is 10.1. The van der Waals surface area contributed by atoms with Gasteiger partial charge in [-0.1, -0.05) is 20.8 Å². The van der Waals surface area contributed by atoms with E-state index >= 15 is 0 Å². The topological polar surface area (TPSA) is 43.8 Å². The zero-order valence-electron chi connectivity index (χ0n) is 8.91. The molecule has 1 atom stereocenters. The van der Waals surface area contributed by atoms with Crippen LogP contribution in [0.3, 0.4) is 0 Å². The summed E-state index contributed by atoms with van der Waals surface area (Å²) < 4.78 is 2.03. The van der Waals surface area contributed by atoms with Gasteiger partial charge in [-0.2, -0.15) is 0 Å². The zero-order valence-corrected chi connectivity index (χ0v) is 8.91. The van der Waals surface area contributed by atoms with Gasteiger partial charge in [-0.3, -0.25) is 0 Å². The number of aryl methyl sites for hydroxylation is 1. The Morgan fingerprint density at radius 1 is 1.46 bits per heavy atom. The van der Waals surface area contributed by atoms with E-state index in [-0.39, 0.29) is 0 Å². The number of imidazole rings is 1. The minimum absolute atomic E-state index is 0.630. The molecule has 0 spiro atoms. The average molecular weight is 181 g/mol. The van der Waals surface area contributed by atoms with Crippen molar-refractivity contribution in [2.45, 2.75) is 34.2 Å². The van der Waals surface area contributed by atoms with Crippen LogP contribution < -0.4 is 5.73 Å². The van der Waals surface area contributed by atoms with Crippen LogP contribution in [0.2, 0.25) is 0 Å². The van der Waals surface area contributed by atoms with Gasteiger partial charge in [0.15, 0.2) is 5.95 Å². The number of hydrogen-bond donors (Lipinski definition) is 1. The minimum Gasteiger partial charge on any atom is -0.369 e. The number of nitrogens with zero attached hydrogens (tertiary/aromatic N) is 2. The molecule has 0 aliphatic heterocycles. The second kappa shape index (κ2) is 3.81. The Morgan fingerprint density at radius 3 is 2.46 bits per heavy atom. The molecule has 1 aromatic heterocycles. The molecule has 0 amide bonds. The molecule has 0 aromatic carbocycles. The van der Waals surface area contributed by atoms with E-state index in [0.717, 1.165) is 12.2 Å². The van der Waals surface area contributed by atoms with Crippen molar-refractivity contribution in [2.75, 3.05) is 5.73 Å². The molecule has 0 radical (unpaired) electrons. The Kier molecular flexibility index (Phi) is 2.96. The van der Waals surface area contributed by atoms with E-state index in [2.05, 4.69) is 25.8 Å². The highest BCUT2D eigenvalue weighted by atomic mass is 15.1. The molecule has 1 rings (SSSR count). The predicted octanol–water partition coefficient (Wildman–Crippen LogP) is 2.07. The summed E-state index contributed by atoms with van der Waals surface area (Å²) in [7, 11) is 0. The van der Waals surface area contributed by atoms with E-state index in [9.17, 15) is 0 Å².